The van der Waals surface area contributed by atoms with Gasteiger partial charge < -0.3 is 4.90 Å². The molecule has 0 aliphatic rings. The Morgan fingerprint density at radius 3 is 2.23 bits per heavy atom. The van der Waals surface area contributed by atoms with Crippen LogP contribution in [0.3, 0.4) is 0 Å². The third kappa shape index (κ3) is 3.11. The Morgan fingerprint density at radius 2 is 1.54 bits per heavy atom. The summed E-state index contributed by atoms with van der Waals surface area (Å²) >= 11 is 6.55. The monoisotopic (exact) mass is 360 g/mol. The highest BCUT2D eigenvalue weighted by Gasteiger charge is 2.23. The second-order valence-corrected chi connectivity index (χ2v) is 6.35. The smallest absolute Gasteiger partial charge is 0.172 e. The molecule has 128 valence electrons. The van der Waals surface area contributed by atoms with Crippen molar-refractivity contribution in [1.29, 1.82) is 0 Å². The van der Waals surface area contributed by atoms with Crippen molar-refractivity contribution in [3.05, 3.63) is 89.8 Å². The molecule has 4 aromatic rings. The summed E-state index contributed by atoms with van der Waals surface area (Å²) < 4.78 is 0. The average Bonchev–Trinajstić information content (AvgIpc) is 2.70. The first kappa shape index (κ1) is 16.5. The molecule has 0 N–H and O–H groups in total. The van der Waals surface area contributed by atoms with Gasteiger partial charge in [-0.1, -0.05) is 48.0 Å². The number of anilines is 2. The Labute approximate surface area is 157 Å². The molecule has 0 amide bonds. The maximum Gasteiger partial charge on any atom is 0.172 e. The van der Waals surface area contributed by atoms with Crippen LogP contribution < -0.4 is 4.90 Å². The summed E-state index contributed by atoms with van der Waals surface area (Å²) in [4.78, 5) is 15.7. The van der Waals surface area contributed by atoms with Crippen molar-refractivity contribution in [2.45, 2.75) is 13.0 Å². The molecule has 1 atom stereocenters. The number of benzene rings is 2. The molecule has 2 aromatic carbocycles. The quantitative estimate of drug-likeness (QED) is 0.476. The Bertz CT molecular complexity index is 1020. The molecule has 2 aromatic heterocycles. The third-order valence-electron chi connectivity index (χ3n) is 4.33. The van der Waals surface area contributed by atoms with Gasteiger partial charge in [0.1, 0.15) is 0 Å². The number of aromatic nitrogens is 3. The van der Waals surface area contributed by atoms with Crippen molar-refractivity contribution in [3.8, 4) is 0 Å². The first-order valence-corrected chi connectivity index (χ1v) is 8.78. The summed E-state index contributed by atoms with van der Waals surface area (Å²) in [6.45, 7) is 2.11. The zero-order chi connectivity index (χ0) is 17.9. The highest BCUT2D eigenvalue weighted by molar-refractivity contribution is 6.32. The van der Waals surface area contributed by atoms with Crippen LogP contribution in [0.25, 0.3) is 11.0 Å². The number of hydrogen-bond acceptors (Lipinski definition) is 4. The van der Waals surface area contributed by atoms with E-state index >= 15 is 0 Å². The molecule has 0 saturated heterocycles. The van der Waals surface area contributed by atoms with Gasteiger partial charge in [-0.05, 0) is 42.8 Å². The lowest BCUT2D eigenvalue weighted by molar-refractivity contribution is 0.758. The van der Waals surface area contributed by atoms with Crippen molar-refractivity contribution in [2.75, 3.05) is 4.90 Å². The SMILES string of the molecule is C[C@H](c1cccnc1)N(c1ccccc1)c1nc2ccccc2nc1Cl. The molecule has 4 nitrogen and oxygen atoms in total. The van der Waals surface area contributed by atoms with Gasteiger partial charge in [-0.3, -0.25) is 4.98 Å². The van der Waals surface area contributed by atoms with E-state index < -0.39 is 0 Å². The maximum atomic E-state index is 6.55. The van der Waals surface area contributed by atoms with Crippen LogP contribution in [0.4, 0.5) is 11.5 Å². The lowest BCUT2D eigenvalue weighted by Crippen LogP contribution is -2.23. The molecular formula is C21H17ClN4. The van der Waals surface area contributed by atoms with Crippen LogP contribution in [0.1, 0.15) is 18.5 Å². The van der Waals surface area contributed by atoms with Crippen molar-refractivity contribution in [2.24, 2.45) is 0 Å². The summed E-state index contributed by atoms with van der Waals surface area (Å²) in [6.07, 6.45) is 3.63. The van der Waals surface area contributed by atoms with Crippen LogP contribution >= 0.6 is 11.6 Å². The average molecular weight is 361 g/mol. The minimum absolute atomic E-state index is 0.0148. The zero-order valence-electron chi connectivity index (χ0n) is 14.2. The fraction of sp³-hybridized carbons (Fsp3) is 0.0952. The Morgan fingerprint density at radius 1 is 0.846 bits per heavy atom. The van der Waals surface area contributed by atoms with E-state index in [9.17, 15) is 0 Å². The third-order valence-corrected chi connectivity index (χ3v) is 4.58. The Hall–Kier alpha value is -2.98. The van der Waals surface area contributed by atoms with Crippen LogP contribution in [0.5, 0.6) is 0 Å². The summed E-state index contributed by atoms with van der Waals surface area (Å²) in [5, 5.41) is 0.378. The number of para-hydroxylation sites is 3. The Kier molecular flexibility index (Phi) is 4.50. The number of nitrogens with zero attached hydrogens (tertiary/aromatic N) is 4. The molecule has 26 heavy (non-hydrogen) atoms. The molecule has 0 radical (unpaired) electrons. The van der Waals surface area contributed by atoms with Crippen molar-refractivity contribution >= 4 is 34.1 Å². The summed E-state index contributed by atoms with van der Waals surface area (Å²) in [5.74, 6) is 0.632. The molecule has 4 rings (SSSR count). The van der Waals surface area contributed by atoms with Gasteiger partial charge in [0.25, 0.3) is 0 Å². The van der Waals surface area contributed by atoms with E-state index in [0.29, 0.717) is 11.0 Å². The highest BCUT2D eigenvalue weighted by Crippen LogP contribution is 2.37. The number of fused-ring (bicyclic) bond motifs is 1. The van der Waals surface area contributed by atoms with Crippen molar-refractivity contribution in [3.63, 3.8) is 0 Å². The first-order chi connectivity index (χ1) is 12.7. The topological polar surface area (TPSA) is 41.9 Å². The minimum atomic E-state index is -0.0148. The zero-order valence-corrected chi connectivity index (χ0v) is 15.0. The molecule has 0 unspecified atom stereocenters. The van der Waals surface area contributed by atoms with Gasteiger partial charge in [0.15, 0.2) is 11.0 Å². The first-order valence-electron chi connectivity index (χ1n) is 8.40. The van der Waals surface area contributed by atoms with Gasteiger partial charge in [0.2, 0.25) is 0 Å². The van der Waals surface area contributed by atoms with E-state index in [0.717, 1.165) is 22.3 Å². The van der Waals surface area contributed by atoms with Gasteiger partial charge in [-0.15, -0.1) is 0 Å². The van der Waals surface area contributed by atoms with E-state index in [1.54, 1.807) is 6.20 Å². The van der Waals surface area contributed by atoms with Gasteiger partial charge in [0.05, 0.1) is 17.1 Å². The van der Waals surface area contributed by atoms with Gasteiger partial charge in [-0.2, -0.15) is 0 Å². The highest BCUT2D eigenvalue weighted by atomic mass is 35.5. The number of hydrogen-bond donors (Lipinski definition) is 0. The minimum Gasteiger partial charge on any atom is -0.317 e. The lowest BCUT2D eigenvalue weighted by Gasteiger charge is -2.31. The predicted octanol–water partition coefficient (Wildman–Crippen LogP) is 5.58. The largest absolute Gasteiger partial charge is 0.317 e. The van der Waals surface area contributed by atoms with Crippen LogP contribution in [0, 0.1) is 0 Å². The molecule has 0 aliphatic carbocycles. The van der Waals surface area contributed by atoms with Crippen molar-refractivity contribution in [1.82, 2.24) is 15.0 Å². The fourth-order valence-corrected chi connectivity index (χ4v) is 3.24. The van der Waals surface area contributed by atoms with Crippen LogP contribution in [-0.4, -0.2) is 15.0 Å². The lowest BCUT2D eigenvalue weighted by atomic mass is 10.1. The fourth-order valence-electron chi connectivity index (χ4n) is 3.01. The molecule has 5 heteroatoms. The van der Waals surface area contributed by atoms with E-state index in [1.165, 1.54) is 0 Å². The standard InChI is InChI=1S/C21H17ClN4/c1-15(16-8-7-13-23-14-16)26(17-9-3-2-4-10-17)21-20(22)24-18-11-5-6-12-19(18)25-21/h2-15H,1H3/t15-/m1/s1. The van der Waals surface area contributed by atoms with Gasteiger partial charge >= 0.3 is 0 Å². The molecular weight excluding hydrogens is 344 g/mol. The van der Waals surface area contributed by atoms with Crippen LogP contribution in [0.2, 0.25) is 5.15 Å². The molecule has 0 spiro atoms. The number of rotatable bonds is 4. The maximum absolute atomic E-state index is 6.55. The van der Waals surface area contributed by atoms with Gasteiger partial charge in [-0.25, -0.2) is 9.97 Å². The number of pyridine rings is 1. The normalized spacial score (nSPS) is 12.1. The van der Waals surface area contributed by atoms with E-state index in [1.807, 2.05) is 66.9 Å². The van der Waals surface area contributed by atoms with Crippen molar-refractivity contribution < 1.29 is 0 Å². The van der Waals surface area contributed by atoms with Gasteiger partial charge in [0, 0.05) is 18.1 Å². The summed E-state index contributed by atoms with van der Waals surface area (Å²) in [5.41, 5.74) is 3.66. The predicted molar refractivity (Wildman–Crippen MR) is 106 cm³/mol. The molecule has 0 bridgehead atoms. The molecule has 2 heterocycles. The van der Waals surface area contributed by atoms with E-state index in [4.69, 9.17) is 16.6 Å². The Balaban J connectivity index is 1.90. The molecule has 0 aliphatic heterocycles. The molecule has 0 fully saturated rings. The second kappa shape index (κ2) is 7.10. The number of halogens is 1. The van der Waals surface area contributed by atoms with Crippen LogP contribution in [0.15, 0.2) is 79.1 Å². The summed E-state index contributed by atoms with van der Waals surface area (Å²) in [7, 11) is 0. The molecule has 0 saturated carbocycles. The van der Waals surface area contributed by atoms with Crippen LogP contribution in [-0.2, 0) is 0 Å². The second-order valence-electron chi connectivity index (χ2n) is 5.99. The summed E-state index contributed by atoms with van der Waals surface area (Å²) in [6, 6.07) is 21.8. The van der Waals surface area contributed by atoms with E-state index in [-0.39, 0.29) is 6.04 Å². The van der Waals surface area contributed by atoms with E-state index in [2.05, 4.69) is 27.9 Å².